The molecule has 0 amide bonds. The Morgan fingerprint density at radius 2 is 0.414 bits per heavy atom. The van der Waals surface area contributed by atoms with Gasteiger partial charge in [0.25, 0.3) is 0 Å². The summed E-state index contributed by atoms with van der Waals surface area (Å²) in [6, 6.07) is 43.4. The van der Waals surface area contributed by atoms with E-state index in [1.54, 1.807) is 0 Å². The second-order valence-electron chi connectivity index (χ2n) is 18.9. The Morgan fingerprint density at radius 3 is 0.643 bits per heavy atom. The van der Waals surface area contributed by atoms with Crippen LogP contribution in [0.25, 0.3) is 80.8 Å². The average Bonchev–Trinajstić information content (AvgIpc) is 4.22. The van der Waals surface area contributed by atoms with Crippen molar-refractivity contribution in [1.82, 2.24) is 0 Å². The summed E-state index contributed by atoms with van der Waals surface area (Å²) in [4.78, 5) is 22.5. The molecule has 0 unspecified atom stereocenters. The third kappa shape index (κ3) is 13.3. The van der Waals surface area contributed by atoms with Gasteiger partial charge in [-0.3, -0.25) is 0 Å². The zero-order chi connectivity index (χ0) is 48.1. The van der Waals surface area contributed by atoms with Crippen LogP contribution in [0.15, 0.2) is 109 Å². The molecule has 0 bridgehead atoms. The van der Waals surface area contributed by atoms with Crippen molar-refractivity contribution in [2.75, 3.05) is 0 Å². The van der Waals surface area contributed by atoms with E-state index in [0.29, 0.717) is 0 Å². The molecule has 8 heterocycles. The number of unbranched alkanes of at least 4 members (excludes halogenated alkanes) is 12. The molecule has 70 heavy (non-hydrogen) atoms. The van der Waals surface area contributed by atoms with Crippen molar-refractivity contribution in [2.24, 2.45) is 0 Å². The molecule has 0 saturated carbocycles. The van der Waals surface area contributed by atoms with E-state index in [9.17, 15) is 0 Å². The highest BCUT2D eigenvalue weighted by Gasteiger charge is 2.22. The van der Waals surface area contributed by atoms with E-state index < -0.39 is 0 Å². The second-order valence-corrected chi connectivity index (χ2v) is 27.9. The fourth-order valence-electron chi connectivity index (χ4n) is 9.36. The Balaban J connectivity index is 1.12. The summed E-state index contributed by atoms with van der Waals surface area (Å²) >= 11 is 15.9. The molecule has 0 N–H and O–H groups in total. The average molecular weight is 1070 g/mol. The minimum atomic E-state index is 1.19. The van der Waals surface area contributed by atoms with Crippen molar-refractivity contribution in [3.8, 4) is 80.8 Å². The van der Waals surface area contributed by atoms with E-state index in [1.807, 2.05) is 90.7 Å². The Kier molecular flexibility index (Phi) is 19.3. The van der Waals surface area contributed by atoms with E-state index in [0.717, 1.165) is 0 Å². The van der Waals surface area contributed by atoms with Crippen LogP contribution in [0.5, 0.6) is 0 Å². The van der Waals surface area contributed by atoms with Crippen molar-refractivity contribution in [2.45, 2.75) is 156 Å². The van der Waals surface area contributed by atoms with Crippen molar-refractivity contribution in [3.05, 3.63) is 129 Å². The summed E-state index contributed by atoms with van der Waals surface area (Å²) in [7, 11) is 0. The van der Waals surface area contributed by atoms with Crippen LogP contribution < -0.4 is 0 Å². The fourth-order valence-corrected chi connectivity index (χ4v) is 18.1. The monoisotopic (exact) mass is 1070 g/mol. The van der Waals surface area contributed by atoms with E-state index in [4.69, 9.17) is 0 Å². The Morgan fingerprint density at radius 1 is 0.214 bits per heavy atom. The summed E-state index contributed by atoms with van der Waals surface area (Å²) in [6.07, 6.45) is 25.7. The van der Waals surface area contributed by atoms with Gasteiger partial charge in [0, 0.05) is 100 Å². The highest BCUT2D eigenvalue weighted by Crippen LogP contribution is 2.51. The Hall–Kier alpha value is -3.18. The van der Waals surface area contributed by atoms with Gasteiger partial charge in [-0.15, -0.1) is 90.7 Å². The van der Waals surface area contributed by atoms with Gasteiger partial charge in [0.05, 0.1) is 0 Å². The highest BCUT2D eigenvalue weighted by atomic mass is 32.1. The molecular weight excluding hydrogens is 1000 g/mol. The van der Waals surface area contributed by atoms with Gasteiger partial charge < -0.3 is 0 Å². The minimum Gasteiger partial charge on any atom is -0.139 e. The zero-order valence-electron chi connectivity index (χ0n) is 41.8. The standard InChI is InChI=1S/C62H70S8/c1-5-9-13-17-21-43-25-29-55(63-43)59-37-33-51(67-59)47-41-49(53-35-39-61(69-53)57-31-27-45(65-57)23-19-15-11-7-3)50(54-36-40-62(70-54)58-32-28-46(66-58)24-20-16-12-8-4)42-48(47)52-34-38-60(68-52)56-30-26-44(64-56)22-18-14-10-6-2/h25-42H,5-24H2,1-4H3. The van der Waals surface area contributed by atoms with Gasteiger partial charge in [0.15, 0.2) is 0 Å². The molecule has 0 spiro atoms. The van der Waals surface area contributed by atoms with Crippen LogP contribution in [-0.4, -0.2) is 0 Å². The lowest BCUT2D eigenvalue weighted by Gasteiger charge is -2.15. The van der Waals surface area contributed by atoms with Gasteiger partial charge in [0.1, 0.15) is 0 Å². The van der Waals surface area contributed by atoms with Gasteiger partial charge in [0.2, 0.25) is 0 Å². The molecule has 0 nitrogen and oxygen atoms in total. The topological polar surface area (TPSA) is 0 Å². The van der Waals surface area contributed by atoms with Gasteiger partial charge in [-0.25, -0.2) is 0 Å². The SMILES string of the molecule is CCCCCCc1ccc(-c2ccc(-c3cc(-c4ccc(-c5ccc(CCCCCC)s5)s4)c(-c4ccc(-c5ccc(CCCCCC)s5)s4)cc3-c3ccc(-c4ccc(CCCCCC)s4)s3)s2)s1. The number of thiophene rings is 8. The van der Waals surface area contributed by atoms with Crippen LogP contribution in [0.1, 0.15) is 150 Å². The molecule has 366 valence electrons. The smallest absolute Gasteiger partial charge is 0.0449 e. The molecule has 0 radical (unpaired) electrons. The fraction of sp³-hybridized carbons (Fsp3) is 0.387. The molecule has 0 aliphatic rings. The van der Waals surface area contributed by atoms with Crippen LogP contribution in [0, 0.1) is 0 Å². The summed E-state index contributed by atoms with van der Waals surface area (Å²) < 4.78 is 0. The first kappa shape index (κ1) is 51.7. The largest absolute Gasteiger partial charge is 0.139 e. The van der Waals surface area contributed by atoms with Crippen molar-refractivity contribution >= 4 is 90.7 Å². The predicted octanol–water partition coefficient (Wildman–Crippen LogP) is 24.0. The van der Waals surface area contributed by atoms with Crippen LogP contribution in [0.4, 0.5) is 0 Å². The molecule has 0 aliphatic carbocycles. The van der Waals surface area contributed by atoms with Crippen molar-refractivity contribution in [1.29, 1.82) is 0 Å². The summed E-state index contributed by atoms with van der Waals surface area (Å²) in [5, 5.41) is 0. The zero-order valence-corrected chi connectivity index (χ0v) is 48.3. The van der Waals surface area contributed by atoms with Gasteiger partial charge in [-0.2, -0.15) is 0 Å². The lowest BCUT2D eigenvalue weighted by Crippen LogP contribution is -1.88. The van der Waals surface area contributed by atoms with E-state index in [2.05, 4.69) is 137 Å². The molecule has 0 saturated heterocycles. The summed E-state index contributed by atoms with van der Waals surface area (Å²) in [6.45, 7) is 9.20. The minimum absolute atomic E-state index is 1.19. The molecule has 8 aromatic heterocycles. The number of hydrogen-bond donors (Lipinski definition) is 0. The maximum atomic E-state index is 2.58. The second kappa shape index (κ2) is 26.2. The van der Waals surface area contributed by atoms with Crippen LogP contribution in [0.2, 0.25) is 0 Å². The van der Waals surface area contributed by atoms with Gasteiger partial charge in [-0.05, 0) is 161 Å². The quantitative estimate of drug-likeness (QED) is 0.0429. The van der Waals surface area contributed by atoms with Crippen molar-refractivity contribution < 1.29 is 0 Å². The normalized spacial score (nSPS) is 11.7. The molecule has 8 heteroatoms. The van der Waals surface area contributed by atoms with E-state index in [-0.39, 0.29) is 0 Å². The lowest BCUT2D eigenvalue weighted by atomic mass is 9.94. The molecule has 9 rings (SSSR count). The molecule has 0 aliphatic heterocycles. The third-order valence-corrected chi connectivity index (χ3v) is 23.2. The first-order valence-electron chi connectivity index (χ1n) is 26.4. The van der Waals surface area contributed by atoms with Gasteiger partial charge >= 0.3 is 0 Å². The molecule has 0 atom stereocenters. The predicted molar refractivity (Wildman–Crippen MR) is 324 cm³/mol. The van der Waals surface area contributed by atoms with E-state index in [1.165, 1.54) is 229 Å². The first-order chi connectivity index (χ1) is 34.5. The Labute approximate surface area is 452 Å². The lowest BCUT2D eigenvalue weighted by molar-refractivity contribution is 0.670. The number of rotatable bonds is 28. The summed E-state index contributed by atoms with van der Waals surface area (Å²) in [5.74, 6) is 0. The maximum absolute atomic E-state index is 2.58. The third-order valence-electron chi connectivity index (χ3n) is 13.4. The number of aryl methyl sites for hydroxylation is 4. The first-order valence-corrected chi connectivity index (χ1v) is 33.0. The van der Waals surface area contributed by atoms with E-state index >= 15 is 0 Å². The van der Waals surface area contributed by atoms with Crippen molar-refractivity contribution in [3.63, 3.8) is 0 Å². The van der Waals surface area contributed by atoms with Crippen LogP contribution in [-0.2, 0) is 25.7 Å². The molecule has 1 aromatic carbocycles. The van der Waals surface area contributed by atoms with Crippen LogP contribution >= 0.6 is 90.7 Å². The molecule has 0 fully saturated rings. The maximum Gasteiger partial charge on any atom is 0.0449 e. The summed E-state index contributed by atoms with van der Waals surface area (Å²) in [5.41, 5.74) is 5.35. The Bertz CT molecular complexity index is 2580. The number of hydrogen-bond acceptors (Lipinski definition) is 8. The molecule has 9 aromatic rings. The molecular formula is C62H70S8. The van der Waals surface area contributed by atoms with Crippen LogP contribution in [0.3, 0.4) is 0 Å². The highest BCUT2D eigenvalue weighted by molar-refractivity contribution is 7.26. The van der Waals surface area contributed by atoms with Gasteiger partial charge in [-0.1, -0.05) is 105 Å². The number of benzene rings is 1.